The van der Waals surface area contributed by atoms with E-state index in [2.05, 4.69) is 51.8 Å². The summed E-state index contributed by atoms with van der Waals surface area (Å²) in [6, 6.07) is 16.3. The molecule has 0 aliphatic heterocycles. The Balaban J connectivity index is 1.60. The lowest BCUT2D eigenvalue weighted by molar-refractivity contribution is 0.473. The van der Waals surface area contributed by atoms with Gasteiger partial charge in [-0.15, -0.1) is 5.10 Å². The predicted octanol–water partition coefficient (Wildman–Crippen LogP) is 4.66. The van der Waals surface area contributed by atoms with Gasteiger partial charge in [0.25, 0.3) is 5.56 Å². The molecule has 0 fully saturated rings. The molecule has 10 nitrogen and oxygen atoms in total. The Morgan fingerprint density at radius 1 is 0.900 bits per heavy atom. The van der Waals surface area contributed by atoms with Crippen LogP contribution in [0, 0.1) is 5.92 Å². The highest BCUT2D eigenvalue weighted by molar-refractivity contribution is 5.80. The van der Waals surface area contributed by atoms with Crippen LogP contribution < -0.4 is 11.2 Å². The Morgan fingerprint density at radius 2 is 1.65 bits per heavy atom. The number of unbranched alkanes of at least 4 members (excludes halogenated alkanes) is 1. The molecule has 5 rings (SSSR count). The number of hydrogen-bond acceptors (Lipinski definition) is 6. The third kappa shape index (κ3) is 5.25. The highest BCUT2D eigenvalue weighted by Gasteiger charge is 2.22. The third-order valence-electron chi connectivity index (χ3n) is 7.08. The Kier molecular flexibility index (Phi) is 8.04. The van der Waals surface area contributed by atoms with Crippen LogP contribution in [0.2, 0.25) is 0 Å². The average Bonchev–Trinajstić information content (AvgIpc) is 3.61. The smallest absolute Gasteiger partial charge is 0.318 e. The Bertz CT molecular complexity index is 1710. The monoisotopic (exact) mass is 540 g/mol. The summed E-state index contributed by atoms with van der Waals surface area (Å²) in [6.45, 7) is 9.59. The third-order valence-corrected chi connectivity index (χ3v) is 7.08. The molecule has 0 spiro atoms. The number of aryl methyl sites for hydroxylation is 2. The molecule has 0 amide bonds. The number of tetrazole rings is 1. The van der Waals surface area contributed by atoms with E-state index < -0.39 is 0 Å². The molecular weight excluding hydrogens is 504 g/mol. The predicted molar refractivity (Wildman–Crippen MR) is 156 cm³/mol. The molecule has 3 aromatic heterocycles. The van der Waals surface area contributed by atoms with Gasteiger partial charge in [-0.2, -0.15) is 0 Å². The van der Waals surface area contributed by atoms with E-state index in [-0.39, 0.29) is 17.2 Å². The van der Waals surface area contributed by atoms with E-state index in [9.17, 15) is 9.59 Å². The Hall–Kier alpha value is -4.34. The second-order valence-corrected chi connectivity index (χ2v) is 10.6. The van der Waals surface area contributed by atoms with Crippen molar-refractivity contribution in [1.29, 1.82) is 0 Å². The van der Waals surface area contributed by atoms with Crippen molar-refractivity contribution in [2.75, 3.05) is 0 Å². The molecule has 0 atom stereocenters. The lowest BCUT2D eigenvalue weighted by Crippen LogP contribution is -2.41. The number of hydrogen-bond donors (Lipinski definition) is 1. The van der Waals surface area contributed by atoms with Crippen molar-refractivity contribution >= 4 is 11.2 Å². The number of nitrogens with one attached hydrogen (secondary N) is 1. The molecule has 0 aliphatic carbocycles. The number of aromatic nitrogens is 8. The van der Waals surface area contributed by atoms with Crippen LogP contribution in [-0.2, 0) is 26.1 Å². The molecule has 2 aromatic carbocycles. The van der Waals surface area contributed by atoms with Gasteiger partial charge < -0.3 is 4.57 Å². The fourth-order valence-electron chi connectivity index (χ4n) is 5.17. The van der Waals surface area contributed by atoms with Crippen molar-refractivity contribution < 1.29 is 0 Å². The first-order valence-electron chi connectivity index (χ1n) is 14.1. The van der Waals surface area contributed by atoms with Crippen molar-refractivity contribution in [3.63, 3.8) is 0 Å². The van der Waals surface area contributed by atoms with E-state index in [1.54, 1.807) is 4.57 Å². The standard InChI is InChI=1S/C30H36N8O2/c1-5-7-12-25-31-28-26(29(39)38(18-20(3)4)30(40)36(28)17-6-2)37(25)19-21-13-15-22(16-14-21)23-10-8-9-11-24(23)27-32-34-35-33-27/h8-11,13-16,20H,5-7,12,17-19H2,1-4H3,(H,32,33,34,35). The second kappa shape index (κ2) is 11.8. The van der Waals surface area contributed by atoms with Gasteiger partial charge >= 0.3 is 5.69 Å². The Morgan fingerprint density at radius 3 is 2.30 bits per heavy atom. The highest BCUT2D eigenvalue weighted by atomic mass is 16.2. The van der Waals surface area contributed by atoms with Crippen molar-refractivity contribution in [3.8, 4) is 22.5 Å². The van der Waals surface area contributed by atoms with Crippen LogP contribution in [0.25, 0.3) is 33.7 Å². The maximum Gasteiger partial charge on any atom is 0.332 e. The summed E-state index contributed by atoms with van der Waals surface area (Å²) in [5, 5.41) is 14.4. The average molecular weight is 541 g/mol. The lowest BCUT2D eigenvalue weighted by Gasteiger charge is -2.14. The number of fused-ring (bicyclic) bond motifs is 1. The highest BCUT2D eigenvalue weighted by Crippen LogP contribution is 2.30. The minimum Gasteiger partial charge on any atom is -0.318 e. The summed E-state index contributed by atoms with van der Waals surface area (Å²) >= 11 is 0. The minimum atomic E-state index is -0.273. The molecule has 0 radical (unpaired) electrons. The number of H-pyrrole nitrogens is 1. The SMILES string of the molecule is CCCCc1nc2c(c(=O)n(CC(C)C)c(=O)n2CCC)n1Cc1ccc(-c2ccccc2-c2nnn[nH]2)cc1. The molecular formula is C30H36N8O2. The quantitative estimate of drug-likeness (QED) is 0.260. The van der Waals surface area contributed by atoms with Crippen LogP contribution in [0.15, 0.2) is 58.1 Å². The molecule has 40 heavy (non-hydrogen) atoms. The topological polar surface area (TPSA) is 116 Å². The number of rotatable bonds is 11. The maximum absolute atomic E-state index is 13.8. The first kappa shape index (κ1) is 27.2. The normalized spacial score (nSPS) is 11.6. The minimum absolute atomic E-state index is 0.164. The number of aromatic amines is 1. The van der Waals surface area contributed by atoms with E-state index in [1.807, 2.05) is 49.6 Å². The molecule has 208 valence electrons. The molecule has 0 aliphatic rings. The van der Waals surface area contributed by atoms with Gasteiger partial charge in [-0.1, -0.05) is 82.6 Å². The Labute approximate surface area is 232 Å². The molecule has 1 N–H and O–H groups in total. The van der Waals surface area contributed by atoms with E-state index >= 15 is 0 Å². The lowest BCUT2D eigenvalue weighted by atomic mass is 9.98. The van der Waals surface area contributed by atoms with Crippen molar-refractivity contribution in [1.82, 2.24) is 39.3 Å². The van der Waals surface area contributed by atoms with Crippen LogP contribution in [0.1, 0.15) is 58.3 Å². The summed E-state index contributed by atoms with van der Waals surface area (Å²) in [6.07, 6.45) is 3.48. The molecule has 3 heterocycles. The van der Waals surface area contributed by atoms with Crippen LogP contribution >= 0.6 is 0 Å². The molecule has 10 heteroatoms. The summed E-state index contributed by atoms with van der Waals surface area (Å²) in [4.78, 5) is 32.1. The van der Waals surface area contributed by atoms with Gasteiger partial charge in [0.15, 0.2) is 17.0 Å². The van der Waals surface area contributed by atoms with E-state index in [0.717, 1.165) is 53.8 Å². The molecule has 0 saturated carbocycles. The van der Waals surface area contributed by atoms with Crippen molar-refractivity contribution in [3.05, 3.63) is 80.8 Å². The first-order chi connectivity index (χ1) is 19.4. The van der Waals surface area contributed by atoms with E-state index in [4.69, 9.17) is 4.98 Å². The summed E-state index contributed by atoms with van der Waals surface area (Å²) in [5.74, 6) is 1.62. The molecule has 0 unspecified atom stereocenters. The van der Waals surface area contributed by atoms with Crippen LogP contribution in [0.4, 0.5) is 0 Å². The van der Waals surface area contributed by atoms with Gasteiger partial charge in [0.2, 0.25) is 0 Å². The van der Waals surface area contributed by atoms with Gasteiger partial charge in [0.1, 0.15) is 5.82 Å². The molecule has 0 saturated heterocycles. The first-order valence-corrected chi connectivity index (χ1v) is 14.1. The summed E-state index contributed by atoms with van der Waals surface area (Å²) in [7, 11) is 0. The fraction of sp³-hybridized carbons (Fsp3) is 0.400. The largest absolute Gasteiger partial charge is 0.332 e. The second-order valence-electron chi connectivity index (χ2n) is 10.6. The van der Waals surface area contributed by atoms with Crippen LogP contribution in [-0.4, -0.2) is 39.3 Å². The van der Waals surface area contributed by atoms with Gasteiger partial charge in [-0.05, 0) is 45.9 Å². The number of nitrogens with zero attached hydrogens (tertiary/aromatic N) is 7. The van der Waals surface area contributed by atoms with Gasteiger partial charge in [-0.3, -0.25) is 13.9 Å². The maximum atomic E-state index is 13.8. The van der Waals surface area contributed by atoms with Crippen molar-refractivity contribution in [2.45, 2.75) is 73.0 Å². The zero-order valence-corrected chi connectivity index (χ0v) is 23.6. The van der Waals surface area contributed by atoms with Gasteiger partial charge in [0, 0.05) is 31.6 Å². The summed E-state index contributed by atoms with van der Waals surface area (Å²) < 4.78 is 5.10. The van der Waals surface area contributed by atoms with Crippen molar-refractivity contribution in [2.24, 2.45) is 5.92 Å². The fourth-order valence-corrected chi connectivity index (χ4v) is 5.17. The van der Waals surface area contributed by atoms with Crippen LogP contribution in [0.3, 0.4) is 0 Å². The van der Waals surface area contributed by atoms with E-state index in [0.29, 0.717) is 36.6 Å². The molecule has 0 bridgehead atoms. The van der Waals surface area contributed by atoms with E-state index in [1.165, 1.54) is 4.57 Å². The zero-order valence-electron chi connectivity index (χ0n) is 23.6. The van der Waals surface area contributed by atoms with Gasteiger partial charge in [0.05, 0.1) is 0 Å². The number of benzene rings is 2. The van der Waals surface area contributed by atoms with Gasteiger partial charge in [-0.25, -0.2) is 14.9 Å². The number of imidazole rings is 1. The summed E-state index contributed by atoms with van der Waals surface area (Å²) in [5.41, 5.74) is 4.48. The van der Waals surface area contributed by atoms with Crippen LogP contribution in [0.5, 0.6) is 0 Å². The molecule has 5 aromatic rings. The zero-order chi connectivity index (χ0) is 28.2.